The van der Waals surface area contributed by atoms with E-state index in [1.807, 2.05) is 20.8 Å². The quantitative estimate of drug-likeness (QED) is 0.435. The Kier molecular flexibility index (Phi) is 5.85. The van der Waals surface area contributed by atoms with Gasteiger partial charge in [-0.1, -0.05) is 0 Å². The molecule has 0 N–H and O–H groups in total. The van der Waals surface area contributed by atoms with Crippen molar-refractivity contribution < 1.29 is 24.1 Å². The molecule has 0 unspecified atom stereocenters. The molecule has 0 aliphatic rings. The van der Waals surface area contributed by atoms with Crippen LogP contribution in [0.15, 0.2) is 54.6 Å². The minimum absolute atomic E-state index is 0.122. The molecule has 2 rings (SSSR count). The zero-order chi connectivity index (χ0) is 18.9. The van der Waals surface area contributed by atoms with Gasteiger partial charge in [0.05, 0.1) is 0 Å². The number of alkyl halides is 3. The molecule has 0 heterocycles. The SMILES string of the molecule is CC(C)(C)c1ccc(I(OS(=O)(=O)C(F)(F)F)c2ccccc2)cc1. The summed E-state index contributed by atoms with van der Waals surface area (Å²) >= 11 is -3.27. The van der Waals surface area contributed by atoms with Gasteiger partial charge in [-0.2, -0.15) is 0 Å². The number of hydrogen-bond acceptors (Lipinski definition) is 3. The van der Waals surface area contributed by atoms with Crippen molar-refractivity contribution in [3.8, 4) is 0 Å². The molecule has 0 saturated heterocycles. The van der Waals surface area contributed by atoms with Gasteiger partial charge in [-0.05, 0) is 0 Å². The molecule has 3 nitrogen and oxygen atoms in total. The molecule has 8 heteroatoms. The van der Waals surface area contributed by atoms with Crippen molar-refractivity contribution in [2.24, 2.45) is 0 Å². The zero-order valence-corrected chi connectivity index (χ0v) is 16.8. The van der Waals surface area contributed by atoms with Gasteiger partial charge in [0.15, 0.2) is 0 Å². The fraction of sp³-hybridized carbons (Fsp3) is 0.294. The third-order valence-corrected chi connectivity index (χ3v) is 10.3. The molecule has 2 aromatic rings. The molecular formula is C17H18F3IO3S. The van der Waals surface area contributed by atoms with Crippen LogP contribution in [0, 0.1) is 7.14 Å². The summed E-state index contributed by atoms with van der Waals surface area (Å²) in [5.74, 6) is 0. The fourth-order valence-corrected chi connectivity index (χ4v) is 8.37. The maximum absolute atomic E-state index is 12.8. The standard InChI is InChI=1S/C17H18F3IO3S/c1-16(2,3)13-9-11-15(12-10-13)21(14-7-5-4-6-8-14)24-25(22,23)17(18,19)20/h4-12H,1-3H3. The number of rotatable bonds is 4. The minimum atomic E-state index is -5.66. The van der Waals surface area contributed by atoms with Crippen LogP contribution in [0.4, 0.5) is 13.2 Å². The molecule has 0 aliphatic heterocycles. The molecule has 0 spiro atoms. The van der Waals surface area contributed by atoms with E-state index in [0.29, 0.717) is 7.14 Å². The normalized spacial score (nSPS) is 13.6. The first-order valence-corrected chi connectivity index (χ1v) is 11.7. The summed E-state index contributed by atoms with van der Waals surface area (Å²) in [6, 6.07) is 15.1. The first kappa shape index (κ1) is 20.2. The van der Waals surface area contributed by atoms with Crippen molar-refractivity contribution in [1.29, 1.82) is 0 Å². The number of hydrogen-bond donors (Lipinski definition) is 0. The van der Waals surface area contributed by atoms with E-state index in [9.17, 15) is 21.6 Å². The summed E-state index contributed by atoms with van der Waals surface area (Å²) in [5, 5.41) is 0. The molecule has 0 bridgehead atoms. The predicted octanol–water partition coefficient (Wildman–Crippen LogP) is 5.31. The molecule has 0 amide bonds. The molecule has 2 aromatic carbocycles. The Morgan fingerprint density at radius 2 is 1.32 bits per heavy atom. The van der Waals surface area contributed by atoms with Gasteiger partial charge >= 0.3 is 153 Å². The van der Waals surface area contributed by atoms with Crippen LogP contribution < -0.4 is 0 Å². The van der Waals surface area contributed by atoms with Crippen molar-refractivity contribution in [2.45, 2.75) is 31.7 Å². The molecular weight excluding hydrogens is 468 g/mol. The summed E-state index contributed by atoms with van der Waals surface area (Å²) in [4.78, 5) is 0. The van der Waals surface area contributed by atoms with Gasteiger partial charge in [-0.15, -0.1) is 0 Å². The Hall–Kier alpha value is -1.13. The summed E-state index contributed by atoms with van der Waals surface area (Å²) in [5.41, 5.74) is -4.56. The first-order valence-electron chi connectivity index (χ1n) is 7.29. The van der Waals surface area contributed by atoms with Crippen LogP contribution in [0.1, 0.15) is 26.3 Å². The fourth-order valence-electron chi connectivity index (χ4n) is 1.91. The Morgan fingerprint density at radius 3 is 1.76 bits per heavy atom. The van der Waals surface area contributed by atoms with Crippen LogP contribution >= 0.6 is 20.2 Å². The van der Waals surface area contributed by atoms with Crippen LogP contribution in [0.25, 0.3) is 0 Å². The van der Waals surface area contributed by atoms with E-state index in [4.69, 9.17) is 2.51 Å². The summed E-state index contributed by atoms with van der Waals surface area (Å²) in [6.07, 6.45) is 0. The van der Waals surface area contributed by atoms with E-state index in [1.54, 1.807) is 54.6 Å². The van der Waals surface area contributed by atoms with Crippen LogP contribution in [0.2, 0.25) is 0 Å². The van der Waals surface area contributed by atoms with E-state index in [0.717, 1.165) is 5.56 Å². The second-order valence-electron chi connectivity index (χ2n) is 6.26. The molecule has 0 aromatic heterocycles. The molecule has 25 heavy (non-hydrogen) atoms. The molecule has 0 atom stereocenters. The van der Waals surface area contributed by atoms with Crippen molar-refractivity contribution in [3.05, 3.63) is 67.3 Å². The molecule has 138 valence electrons. The summed E-state index contributed by atoms with van der Waals surface area (Å²) in [6.45, 7) is 6.04. The van der Waals surface area contributed by atoms with Gasteiger partial charge in [0.2, 0.25) is 0 Å². The van der Waals surface area contributed by atoms with Crippen LogP contribution in [-0.4, -0.2) is 13.9 Å². The van der Waals surface area contributed by atoms with E-state index in [2.05, 4.69) is 0 Å². The Labute approximate surface area is 153 Å². The Bertz CT molecular complexity index is 811. The van der Waals surface area contributed by atoms with Gasteiger partial charge < -0.3 is 0 Å². The van der Waals surface area contributed by atoms with Crippen LogP contribution in [-0.2, 0) is 18.0 Å². The van der Waals surface area contributed by atoms with Crippen molar-refractivity contribution in [1.82, 2.24) is 0 Å². The second kappa shape index (κ2) is 7.24. The molecule has 0 fully saturated rings. The van der Waals surface area contributed by atoms with Gasteiger partial charge in [0, 0.05) is 0 Å². The van der Waals surface area contributed by atoms with Gasteiger partial charge in [-0.25, -0.2) is 0 Å². The Morgan fingerprint density at radius 1 is 0.840 bits per heavy atom. The average Bonchev–Trinajstić information content (AvgIpc) is 2.52. The van der Waals surface area contributed by atoms with Gasteiger partial charge in [0.1, 0.15) is 0 Å². The van der Waals surface area contributed by atoms with E-state index < -0.39 is 35.9 Å². The van der Waals surface area contributed by atoms with Crippen LogP contribution in [0.5, 0.6) is 0 Å². The topological polar surface area (TPSA) is 43.4 Å². The van der Waals surface area contributed by atoms with Crippen molar-refractivity contribution >= 4 is 30.4 Å². The summed E-state index contributed by atoms with van der Waals surface area (Å²) < 4.78 is 67.0. The van der Waals surface area contributed by atoms with E-state index in [1.165, 1.54) is 0 Å². The van der Waals surface area contributed by atoms with Crippen LogP contribution in [0.3, 0.4) is 0 Å². The molecule has 0 saturated carbocycles. The van der Waals surface area contributed by atoms with Gasteiger partial charge in [-0.3, -0.25) is 0 Å². The number of halogens is 4. The zero-order valence-electron chi connectivity index (χ0n) is 13.8. The van der Waals surface area contributed by atoms with Gasteiger partial charge in [0.25, 0.3) is 0 Å². The van der Waals surface area contributed by atoms with E-state index >= 15 is 0 Å². The summed E-state index contributed by atoms with van der Waals surface area (Å²) in [7, 11) is -5.66. The van der Waals surface area contributed by atoms with Crippen molar-refractivity contribution in [2.75, 3.05) is 0 Å². The third kappa shape index (κ3) is 4.95. The maximum atomic E-state index is 12.8. The second-order valence-corrected chi connectivity index (χ2v) is 12.8. The predicted molar refractivity (Wildman–Crippen MR) is 99.1 cm³/mol. The molecule has 0 aliphatic carbocycles. The molecule has 0 radical (unpaired) electrons. The average molecular weight is 486 g/mol. The monoisotopic (exact) mass is 486 g/mol. The number of benzene rings is 2. The van der Waals surface area contributed by atoms with E-state index in [-0.39, 0.29) is 5.41 Å². The Balaban J connectivity index is 2.46. The van der Waals surface area contributed by atoms with Crippen molar-refractivity contribution in [3.63, 3.8) is 0 Å². The first-order chi connectivity index (χ1) is 11.4. The third-order valence-electron chi connectivity index (χ3n) is 3.27.